The first-order valence-corrected chi connectivity index (χ1v) is 9.67. The number of rotatable bonds is 6. The van der Waals surface area contributed by atoms with Gasteiger partial charge in [0.05, 0.1) is 0 Å². The monoisotopic (exact) mass is 389 g/mol. The van der Waals surface area contributed by atoms with E-state index in [-0.39, 0.29) is 11.2 Å². The molecule has 0 radical (unpaired) electrons. The summed E-state index contributed by atoms with van der Waals surface area (Å²) in [6.07, 6.45) is 1.20. The van der Waals surface area contributed by atoms with Crippen LogP contribution in [-0.2, 0) is 25.9 Å². The van der Waals surface area contributed by atoms with Crippen molar-refractivity contribution < 1.29 is 0 Å². The number of nitrogen functional groups attached to an aromatic ring is 1. The van der Waals surface area contributed by atoms with Crippen molar-refractivity contribution in [2.45, 2.75) is 32.9 Å². The van der Waals surface area contributed by atoms with E-state index in [1.165, 1.54) is 4.57 Å². The number of aromatic nitrogens is 4. The first-order chi connectivity index (χ1) is 14.1. The molecule has 0 aliphatic rings. The summed E-state index contributed by atoms with van der Waals surface area (Å²) in [6, 6.07) is 17.5. The molecule has 0 amide bonds. The zero-order valence-corrected chi connectivity index (χ0v) is 16.3. The summed E-state index contributed by atoms with van der Waals surface area (Å²) in [5.74, 6) is 0.665. The molecule has 0 aliphatic heterocycles. The Morgan fingerprint density at radius 1 is 0.966 bits per heavy atom. The highest BCUT2D eigenvalue weighted by atomic mass is 16.2. The number of nitrogens with zero attached hydrogens (tertiary/aromatic N) is 3. The third kappa shape index (κ3) is 3.71. The van der Waals surface area contributed by atoms with E-state index in [1.54, 1.807) is 11.5 Å². The summed E-state index contributed by atoms with van der Waals surface area (Å²) in [7, 11) is 0. The Kier molecular flexibility index (Phi) is 5.03. The number of aryl methyl sites for hydroxylation is 2. The number of aromatic amines is 1. The highest BCUT2D eigenvalue weighted by Crippen LogP contribution is 2.12. The predicted octanol–water partition coefficient (Wildman–Crippen LogP) is 2.32. The minimum absolute atomic E-state index is 0.308. The minimum atomic E-state index is -0.335. The van der Waals surface area contributed by atoms with E-state index in [2.05, 4.69) is 9.97 Å². The number of benzene rings is 2. The number of H-pyrrole nitrogens is 1. The van der Waals surface area contributed by atoms with Crippen LogP contribution in [0.15, 0.2) is 64.2 Å². The van der Waals surface area contributed by atoms with E-state index in [0.29, 0.717) is 48.6 Å². The quantitative estimate of drug-likeness (QED) is 0.495. The number of hydrogen-bond donors (Lipinski definition) is 2. The van der Waals surface area contributed by atoms with E-state index >= 15 is 0 Å². The fraction of sp³-hybridized carbons (Fsp3) is 0.227. The van der Waals surface area contributed by atoms with Crippen molar-refractivity contribution in [1.82, 2.24) is 19.1 Å². The molecular weight excluding hydrogens is 366 g/mol. The van der Waals surface area contributed by atoms with Gasteiger partial charge in [0.15, 0.2) is 5.65 Å². The van der Waals surface area contributed by atoms with Crippen LogP contribution in [0.25, 0.3) is 11.2 Å². The van der Waals surface area contributed by atoms with Crippen LogP contribution in [0.4, 0.5) is 5.69 Å². The van der Waals surface area contributed by atoms with Gasteiger partial charge >= 0.3 is 5.69 Å². The van der Waals surface area contributed by atoms with Crippen molar-refractivity contribution in [3.8, 4) is 0 Å². The number of anilines is 1. The van der Waals surface area contributed by atoms with Crippen LogP contribution >= 0.6 is 0 Å². The van der Waals surface area contributed by atoms with Gasteiger partial charge in [0, 0.05) is 25.2 Å². The van der Waals surface area contributed by atoms with Gasteiger partial charge in [-0.3, -0.25) is 13.9 Å². The average Bonchev–Trinajstić information content (AvgIpc) is 3.14. The Morgan fingerprint density at radius 3 is 2.38 bits per heavy atom. The van der Waals surface area contributed by atoms with E-state index < -0.39 is 0 Å². The highest BCUT2D eigenvalue weighted by Gasteiger charge is 2.16. The molecule has 0 saturated heterocycles. The van der Waals surface area contributed by atoms with Crippen LogP contribution < -0.4 is 17.0 Å². The Morgan fingerprint density at radius 2 is 1.69 bits per heavy atom. The van der Waals surface area contributed by atoms with Crippen LogP contribution in [0, 0.1) is 0 Å². The van der Waals surface area contributed by atoms with Gasteiger partial charge < -0.3 is 10.7 Å². The molecule has 4 rings (SSSR count). The van der Waals surface area contributed by atoms with Crippen LogP contribution in [0.3, 0.4) is 0 Å². The summed E-state index contributed by atoms with van der Waals surface area (Å²) >= 11 is 0. The Balaban J connectivity index is 1.76. The number of hydrogen-bond acceptors (Lipinski definition) is 4. The molecule has 7 nitrogen and oxygen atoms in total. The molecule has 0 fully saturated rings. The molecule has 29 heavy (non-hydrogen) atoms. The summed E-state index contributed by atoms with van der Waals surface area (Å²) in [4.78, 5) is 33.4. The number of imidazole rings is 1. The predicted molar refractivity (Wildman–Crippen MR) is 114 cm³/mol. The van der Waals surface area contributed by atoms with Crippen molar-refractivity contribution in [2.24, 2.45) is 0 Å². The van der Waals surface area contributed by atoms with Crippen molar-refractivity contribution in [3.63, 3.8) is 0 Å². The first kappa shape index (κ1) is 18.7. The second-order valence-electron chi connectivity index (χ2n) is 7.02. The van der Waals surface area contributed by atoms with Gasteiger partial charge in [-0.1, -0.05) is 42.5 Å². The summed E-state index contributed by atoms with van der Waals surface area (Å²) in [5, 5.41) is 0. The third-order valence-electron chi connectivity index (χ3n) is 5.04. The molecule has 148 valence electrons. The Labute approximate surface area is 167 Å². The second-order valence-corrected chi connectivity index (χ2v) is 7.02. The van der Waals surface area contributed by atoms with Gasteiger partial charge in [0.1, 0.15) is 11.3 Å². The maximum Gasteiger partial charge on any atom is 0.332 e. The van der Waals surface area contributed by atoms with Crippen LogP contribution in [-0.4, -0.2) is 19.1 Å². The fourth-order valence-corrected chi connectivity index (χ4v) is 3.49. The average molecular weight is 389 g/mol. The van der Waals surface area contributed by atoms with Crippen molar-refractivity contribution in [3.05, 3.63) is 92.4 Å². The van der Waals surface area contributed by atoms with Gasteiger partial charge in [-0.05, 0) is 36.6 Å². The van der Waals surface area contributed by atoms with E-state index in [9.17, 15) is 9.59 Å². The maximum atomic E-state index is 12.9. The minimum Gasteiger partial charge on any atom is -0.399 e. The van der Waals surface area contributed by atoms with Crippen molar-refractivity contribution in [2.75, 3.05) is 5.73 Å². The Hall–Kier alpha value is -3.61. The largest absolute Gasteiger partial charge is 0.399 e. The fourth-order valence-electron chi connectivity index (χ4n) is 3.49. The van der Waals surface area contributed by atoms with E-state index in [0.717, 1.165) is 11.1 Å². The lowest BCUT2D eigenvalue weighted by atomic mass is 10.1. The molecule has 7 heteroatoms. The molecule has 0 unspecified atom stereocenters. The highest BCUT2D eigenvalue weighted by molar-refractivity contribution is 5.70. The molecule has 4 aromatic rings. The molecule has 0 aliphatic carbocycles. The standard InChI is InChI=1S/C22H23N5O2/c1-2-26-21(28)19-20(25-18(24-19)14-16-6-4-3-5-7-16)27(22(26)29)13-12-15-8-10-17(23)11-9-15/h3-11H,2,12-14,23H2,1H3,(H,24,25). The van der Waals surface area contributed by atoms with Crippen molar-refractivity contribution in [1.29, 1.82) is 0 Å². The summed E-state index contributed by atoms with van der Waals surface area (Å²) in [5.41, 5.74) is 8.70. The molecule has 0 bridgehead atoms. The third-order valence-corrected chi connectivity index (χ3v) is 5.04. The number of nitrogens with two attached hydrogens (primary N) is 1. The van der Waals surface area contributed by atoms with Gasteiger partial charge in [-0.25, -0.2) is 9.78 Å². The number of nitrogens with one attached hydrogen (secondary N) is 1. The van der Waals surface area contributed by atoms with E-state index in [1.807, 2.05) is 54.6 Å². The molecule has 0 spiro atoms. The second kappa shape index (κ2) is 7.79. The lowest BCUT2D eigenvalue weighted by Crippen LogP contribution is -2.40. The van der Waals surface area contributed by atoms with Crippen LogP contribution in [0.5, 0.6) is 0 Å². The first-order valence-electron chi connectivity index (χ1n) is 9.67. The normalized spacial score (nSPS) is 11.2. The summed E-state index contributed by atoms with van der Waals surface area (Å²) in [6.45, 7) is 2.53. The molecule has 3 N–H and O–H groups in total. The van der Waals surface area contributed by atoms with Crippen molar-refractivity contribution >= 4 is 16.9 Å². The van der Waals surface area contributed by atoms with Crippen LogP contribution in [0.2, 0.25) is 0 Å². The van der Waals surface area contributed by atoms with Gasteiger partial charge in [0.2, 0.25) is 0 Å². The molecule has 2 aromatic heterocycles. The van der Waals surface area contributed by atoms with Gasteiger partial charge in [-0.15, -0.1) is 0 Å². The molecule has 2 heterocycles. The lowest BCUT2D eigenvalue weighted by Gasteiger charge is -2.10. The summed E-state index contributed by atoms with van der Waals surface area (Å²) < 4.78 is 2.83. The molecule has 0 atom stereocenters. The lowest BCUT2D eigenvalue weighted by molar-refractivity contribution is 0.586. The van der Waals surface area contributed by atoms with Gasteiger partial charge in [0.25, 0.3) is 5.56 Å². The molecule has 2 aromatic carbocycles. The smallest absolute Gasteiger partial charge is 0.332 e. The van der Waals surface area contributed by atoms with E-state index in [4.69, 9.17) is 5.73 Å². The SMILES string of the molecule is CCn1c(=O)c2[nH]c(Cc3ccccc3)nc2n(CCc2ccc(N)cc2)c1=O. The Bertz CT molecular complexity index is 1250. The topological polar surface area (TPSA) is 98.7 Å². The molecular formula is C22H23N5O2. The number of fused-ring (bicyclic) bond motifs is 1. The molecule has 0 saturated carbocycles. The zero-order chi connectivity index (χ0) is 20.4. The zero-order valence-electron chi connectivity index (χ0n) is 16.3. The van der Waals surface area contributed by atoms with Crippen LogP contribution in [0.1, 0.15) is 23.9 Å². The van der Waals surface area contributed by atoms with Gasteiger partial charge in [-0.2, -0.15) is 0 Å². The maximum absolute atomic E-state index is 12.9.